The lowest BCUT2D eigenvalue weighted by atomic mass is 9.76. The van der Waals surface area contributed by atoms with Gasteiger partial charge in [-0.3, -0.25) is 4.52 Å². The van der Waals surface area contributed by atoms with Crippen molar-refractivity contribution in [3.63, 3.8) is 0 Å². The molecule has 2 aliphatic heterocycles. The van der Waals surface area contributed by atoms with Crippen LogP contribution in [0.15, 0.2) is 112 Å². The van der Waals surface area contributed by atoms with Crippen LogP contribution in [0.3, 0.4) is 0 Å². The standard InChI is InChI=1S/2C43H63O3P.C37H59O3P/c1-26-20-31(40(8,9)10)37(32(21-26)41(11,12)13)46-47-44-35-29(22-27(38(2,3)4)24-33(35)42(14,15)16)30-23-28(39(5,6)7)25-34(36(30)45-47)43(17,18)19;1-38(2,3)29-19-20-35(32(24-29)41(10,11)12)44-47-45-36-27(22-30(39(4,5)6)25-33(36)42(13,14)15)21-28-23-31(40(7,8)9)26-34(37(28)46-47)43(16,17)18;1-15-17-18-25(16-2)24-38-41-39-32-26(20-28(34(3,4)5)22-30(32)36(9,10)11)19-27-21-29(35(6,7)8)23-31(33(27)40-41)37(12,13)14/h20-25H,1-19H3;19-20,22-26H,21H2,1-18H3;20-23,25H,15-19,24H2,1-14H3. The zero-order chi connectivity index (χ0) is 103. The highest BCUT2D eigenvalue weighted by Gasteiger charge is 2.42. The van der Waals surface area contributed by atoms with Gasteiger partial charge in [0, 0.05) is 73.7 Å². The van der Waals surface area contributed by atoms with Gasteiger partial charge in [-0.25, -0.2) is 0 Å². The summed E-state index contributed by atoms with van der Waals surface area (Å²) in [6, 6.07) is 39.5. The second-order valence-electron chi connectivity index (χ2n) is 56.2. The van der Waals surface area contributed by atoms with Crippen LogP contribution in [0.4, 0.5) is 0 Å². The van der Waals surface area contributed by atoms with Gasteiger partial charge in [-0.05, 0) is 185 Å². The molecule has 8 aromatic carbocycles. The lowest BCUT2D eigenvalue weighted by Gasteiger charge is -2.35. The Labute approximate surface area is 827 Å². The number of hydrogen-bond acceptors (Lipinski definition) is 9. The molecule has 1 unspecified atom stereocenters. The van der Waals surface area contributed by atoms with Gasteiger partial charge < -0.3 is 35.5 Å². The van der Waals surface area contributed by atoms with Crippen LogP contribution < -0.4 is 27.1 Å². The van der Waals surface area contributed by atoms with Crippen molar-refractivity contribution >= 4 is 47.4 Å². The molecule has 1 atom stereocenters. The molecule has 12 heteroatoms. The quantitative estimate of drug-likeness (QED) is 0.117. The third-order valence-electron chi connectivity index (χ3n) is 26.7. The van der Waals surface area contributed by atoms with Crippen LogP contribution in [0, 0.1) is 12.8 Å². The summed E-state index contributed by atoms with van der Waals surface area (Å²) in [7, 11) is -5.40. The van der Waals surface area contributed by atoms with Gasteiger partial charge in [0.1, 0.15) is 45.7 Å². The van der Waals surface area contributed by atoms with E-state index >= 15 is 0 Å². The highest BCUT2D eigenvalue weighted by Crippen LogP contribution is 2.59. The summed E-state index contributed by atoms with van der Waals surface area (Å²) in [6.45, 7) is 117. The molecule has 0 fully saturated rings. The van der Waals surface area contributed by atoms with Crippen molar-refractivity contribution in [3.05, 3.63) is 220 Å². The van der Waals surface area contributed by atoms with E-state index in [1.54, 1.807) is 0 Å². The van der Waals surface area contributed by atoms with Crippen molar-refractivity contribution in [1.29, 1.82) is 0 Å². The van der Waals surface area contributed by atoms with Crippen LogP contribution in [0.5, 0.6) is 34.5 Å². The molecule has 0 bridgehead atoms. The van der Waals surface area contributed by atoms with E-state index in [1.807, 2.05) is 0 Å². The Morgan fingerprint density at radius 2 is 0.548 bits per heavy atom. The van der Waals surface area contributed by atoms with Crippen molar-refractivity contribution in [2.24, 2.45) is 5.92 Å². The van der Waals surface area contributed by atoms with Crippen molar-refractivity contribution in [3.8, 4) is 34.5 Å². The van der Waals surface area contributed by atoms with E-state index in [-0.39, 0.29) is 86.6 Å². The minimum Gasteiger partial charge on any atom is -0.417 e. The maximum absolute atomic E-state index is 7.17. The number of rotatable bonds is 11. The van der Waals surface area contributed by atoms with E-state index in [0.717, 1.165) is 81.3 Å². The first-order valence-electron chi connectivity index (χ1n) is 50.7. The lowest BCUT2D eigenvalue weighted by Crippen LogP contribution is -2.23. The maximum Gasteiger partial charge on any atom is 0.530 e. The molecule has 0 aliphatic carbocycles. The Morgan fingerprint density at radius 3 is 0.815 bits per heavy atom. The molecule has 1 aromatic heterocycles. The minimum absolute atomic E-state index is 0.0157. The number of hydrogen-bond donors (Lipinski definition) is 0. The van der Waals surface area contributed by atoms with E-state index in [4.69, 9.17) is 40.1 Å². The third kappa shape index (κ3) is 27.5. The smallest absolute Gasteiger partial charge is 0.417 e. The van der Waals surface area contributed by atoms with Gasteiger partial charge in [-0.1, -0.05) is 456 Å². The van der Waals surface area contributed by atoms with E-state index in [0.29, 0.717) is 12.5 Å². The topological polar surface area (TPSA) is 90.9 Å². The van der Waals surface area contributed by atoms with Gasteiger partial charge in [-0.2, -0.15) is 0 Å². The van der Waals surface area contributed by atoms with Gasteiger partial charge in [0.05, 0.1) is 6.61 Å². The van der Waals surface area contributed by atoms with Crippen LogP contribution in [-0.4, -0.2) is 6.61 Å². The molecule has 0 saturated carbocycles. The summed E-state index contributed by atoms with van der Waals surface area (Å²) in [4.78, 5) is 0. The summed E-state index contributed by atoms with van der Waals surface area (Å²) in [5.41, 5.74) is 26.3. The molecular weight excluding hydrogens is 1710 g/mol. The molecule has 135 heavy (non-hydrogen) atoms. The van der Waals surface area contributed by atoms with E-state index in [9.17, 15) is 0 Å². The molecule has 3 heterocycles. The van der Waals surface area contributed by atoms with Gasteiger partial charge in [0.25, 0.3) is 0 Å². The predicted molar refractivity (Wildman–Crippen MR) is 587 cm³/mol. The van der Waals surface area contributed by atoms with Crippen molar-refractivity contribution in [1.82, 2.24) is 0 Å². The molecule has 2 aliphatic rings. The summed E-state index contributed by atoms with van der Waals surface area (Å²) in [5.74, 6) is 5.87. The average molecular weight is 1900 g/mol. The van der Waals surface area contributed by atoms with Crippen LogP contribution in [0.25, 0.3) is 21.9 Å². The molecule has 0 saturated heterocycles. The number of unbranched alkanes of at least 4 members (excludes halogenated alkanes) is 1. The zero-order valence-corrected chi connectivity index (χ0v) is 97.5. The predicted octanol–water partition coefficient (Wildman–Crippen LogP) is 39.1. The lowest BCUT2D eigenvalue weighted by molar-refractivity contribution is 0.205. The first-order valence-corrected chi connectivity index (χ1v) is 54.0. The average Bonchev–Trinajstić information content (AvgIpc) is 1.70. The summed E-state index contributed by atoms with van der Waals surface area (Å²) in [5, 5.41) is 2.16. The van der Waals surface area contributed by atoms with E-state index in [2.05, 4.69) is 456 Å². The molecule has 11 rings (SSSR count). The van der Waals surface area contributed by atoms with Crippen LogP contribution in [0.2, 0.25) is 0 Å². The molecule has 9 aromatic rings. The van der Waals surface area contributed by atoms with Crippen LogP contribution >= 0.6 is 25.4 Å². The Morgan fingerprint density at radius 1 is 0.281 bits per heavy atom. The molecule has 0 N–H and O–H groups in total. The number of benzene rings is 8. The highest BCUT2D eigenvalue weighted by atomic mass is 31.2. The Hall–Kier alpha value is -6.72. The second kappa shape index (κ2) is 39.3. The summed E-state index contributed by atoms with van der Waals surface area (Å²) < 4.78 is 63.0. The molecule has 746 valence electrons. The SMILES string of the molecule is CC(C)(C)c1ccc(OP2Oc3c(cc(C(C)(C)C)cc3C(C)(C)C)Cc3cc(C(C)(C)C)cc(C(C)(C)C)c3O2)c(C(C)(C)C)c1.CCCCC(CC)COP1Oc2c(cc(C(C)(C)C)cc2C(C)(C)C)Cc2cc(C(C)(C)C)cc(C(C)(C)C)c2O1.Cc1cc(C(C)(C)C)c(Op2oc3c(C(C)(C)C)cc(C(C)(C)C)cc3c3cc(C(C)(C)C)cc(C(C)(C)C)c3o2)c(C(C)(C)C)c1. The third-order valence-corrected chi connectivity index (χ3v) is 29.8. The maximum atomic E-state index is 7.17. The number of fused-ring (bicyclic) bond motifs is 7. The van der Waals surface area contributed by atoms with Crippen LogP contribution in [0.1, 0.15) is 489 Å². The fourth-order valence-corrected chi connectivity index (χ4v) is 20.9. The fraction of sp³-hybridized carbons (Fsp3) is 0.610. The highest BCUT2D eigenvalue weighted by molar-refractivity contribution is 7.43. The first kappa shape index (κ1) is 112. The first-order chi connectivity index (χ1) is 60.8. The monoisotopic (exact) mass is 1900 g/mol. The second-order valence-corrected chi connectivity index (χ2v) is 59.3. The zero-order valence-electron chi connectivity index (χ0n) is 94.9. The normalized spacial score (nSPS) is 14.9. The Balaban J connectivity index is 0.000000228. The largest absolute Gasteiger partial charge is 0.530 e. The van der Waals surface area contributed by atoms with Crippen molar-refractivity contribution in [2.45, 2.75) is 478 Å². The van der Waals surface area contributed by atoms with E-state index in [1.165, 1.54) is 131 Å². The Bertz CT molecular complexity index is 5470. The van der Waals surface area contributed by atoms with Gasteiger partial charge in [0.15, 0.2) is 0 Å². The van der Waals surface area contributed by atoms with Crippen molar-refractivity contribution < 1.29 is 40.1 Å². The van der Waals surface area contributed by atoms with E-state index < -0.39 is 25.4 Å². The molecule has 9 nitrogen and oxygen atoms in total. The molecule has 0 radical (unpaired) electrons. The fourth-order valence-electron chi connectivity index (χ4n) is 17.4. The van der Waals surface area contributed by atoms with Crippen molar-refractivity contribution in [2.75, 3.05) is 6.61 Å². The van der Waals surface area contributed by atoms with Gasteiger partial charge in [-0.15, -0.1) is 0 Å². The molecule has 0 spiro atoms. The molecular formula is C123H185O9P3. The molecule has 0 amide bonds. The minimum atomic E-state index is -1.89. The van der Waals surface area contributed by atoms with Gasteiger partial charge >= 0.3 is 25.4 Å². The number of aryl methyl sites for hydroxylation is 1. The van der Waals surface area contributed by atoms with Gasteiger partial charge in [0.2, 0.25) is 0 Å². The summed E-state index contributed by atoms with van der Waals surface area (Å²) >= 11 is 0. The summed E-state index contributed by atoms with van der Waals surface area (Å²) in [6.07, 6.45) is 6.19. The van der Waals surface area contributed by atoms with Crippen LogP contribution in [-0.2, 0) is 104 Å². The Kier molecular flexibility index (Phi) is 32.6.